The van der Waals surface area contributed by atoms with Crippen LogP contribution in [0.5, 0.6) is 0 Å². The maximum absolute atomic E-state index is 12.7. The number of oxazole rings is 1. The van der Waals surface area contributed by atoms with Crippen LogP contribution in [0.25, 0.3) is 11.1 Å². The van der Waals surface area contributed by atoms with Gasteiger partial charge in [0.15, 0.2) is 11.4 Å². The minimum absolute atomic E-state index is 0.204. The smallest absolute Gasteiger partial charge is 0.201 e. The van der Waals surface area contributed by atoms with Gasteiger partial charge in [0.05, 0.1) is 6.42 Å². The van der Waals surface area contributed by atoms with Crippen molar-refractivity contribution in [1.29, 1.82) is 0 Å². The topological polar surface area (TPSA) is 55.5 Å². The van der Waals surface area contributed by atoms with Gasteiger partial charge in [0.25, 0.3) is 0 Å². The highest BCUT2D eigenvalue weighted by Gasteiger charge is 2.33. The third-order valence-electron chi connectivity index (χ3n) is 5.46. The number of carbonyl (C=O) groups excluding carboxylic acids is 1. The lowest BCUT2D eigenvalue weighted by Gasteiger charge is -2.30. The SMILES string of the molecule is O=C1CCCC2=C1C(c1ccccc1Cl)N=C(Cc1nc3ccccc3o1)C2. The van der Waals surface area contributed by atoms with Crippen LogP contribution in [0, 0.1) is 0 Å². The molecule has 5 rings (SSSR count). The van der Waals surface area contributed by atoms with Crippen LogP contribution < -0.4 is 0 Å². The number of hydrogen-bond donors (Lipinski definition) is 0. The molecule has 5 heteroatoms. The van der Waals surface area contributed by atoms with Gasteiger partial charge >= 0.3 is 0 Å². The number of nitrogens with zero attached hydrogens (tertiary/aromatic N) is 2. The molecular weight excluding hydrogens is 372 g/mol. The van der Waals surface area contributed by atoms with Crippen molar-refractivity contribution in [2.24, 2.45) is 4.99 Å². The molecule has 1 aliphatic heterocycles. The average Bonchev–Trinajstić information content (AvgIpc) is 3.10. The fourth-order valence-corrected chi connectivity index (χ4v) is 4.44. The lowest BCUT2D eigenvalue weighted by Crippen LogP contribution is -2.24. The average molecular weight is 391 g/mol. The summed E-state index contributed by atoms with van der Waals surface area (Å²) in [4.78, 5) is 22.3. The van der Waals surface area contributed by atoms with E-state index in [1.807, 2.05) is 48.5 Å². The zero-order valence-electron chi connectivity index (χ0n) is 15.3. The van der Waals surface area contributed by atoms with E-state index >= 15 is 0 Å². The first kappa shape index (κ1) is 17.4. The Bertz CT molecular complexity index is 1110. The van der Waals surface area contributed by atoms with Gasteiger partial charge in [-0.05, 0) is 36.6 Å². The standard InChI is InChI=1S/C23H19ClN2O2/c24-17-8-2-1-7-16(17)23-22-14(6-5-10-19(22)27)12-15(25-23)13-21-26-18-9-3-4-11-20(18)28-21/h1-4,7-9,11,23H,5-6,10,12-13H2. The first-order chi connectivity index (χ1) is 13.7. The van der Waals surface area contributed by atoms with Gasteiger partial charge in [-0.3, -0.25) is 9.79 Å². The number of dihydropyridines is 1. The Kier molecular flexibility index (Phi) is 4.36. The van der Waals surface area contributed by atoms with Crippen molar-refractivity contribution in [1.82, 2.24) is 4.98 Å². The molecular formula is C23H19ClN2O2. The van der Waals surface area contributed by atoms with Gasteiger partial charge in [0.1, 0.15) is 11.6 Å². The van der Waals surface area contributed by atoms with E-state index in [1.165, 1.54) is 5.57 Å². The lowest BCUT2D eigenvalue weighted by atomic mass is 9.79. The predicted molar refractivity (Wildman–Crippen MR) is 110 cm³/mol. The number of ketones is 1. The number of Topliss-reactive ketones (excluding diaryl/α,β-unsaturated/α-hetero) is 1. The van der Waals surface area contributed by atoms with Gasteiger partial charge in [-0.25, -0.2) is 4.98 Å². The largest absolute Gasteiger partial charge is 0.440 e. The molecule has 0 spiro atoms. The van der Waals surface area contributed by atoms with Crippen molar-refractivity contribution in [2.45, 2.75) is 38.1 Å². The Morgan fingerprint density at radius 3 is 2.75 bits per heavy atom. The van der Waals surface area contributed by atoms with Crippen molar-refractivity contribution < 1.29 is 9.21 Å². The molecule has 0 amide bonds. The molecule has 1 unspecified atom stereocenters. The number of rotatable bonds is 3. The van der Waals surface area contributed by atoms with Crippen molar-refractivity contribution in [3.05, 3.63) is 76.2 Å². The number of carbonyl (C=O) groups is 1. The number of aromatic nitrogens is 1. The summed E-state index contributed by atoms with van der Waals surface area (Å²) in [6, 6.07) is 15.1. The summed E-state index contributed by atoms with van der Waals surface area (Å²) >= 11 is 6.46. The molecule has 2 aromatic carbocycles. The quantitative estimate of drug-likeness (QED) is 0.579. The van der Waals surface area contributed by atoms with Gasteiger partial charge in [-0.15, -0.1) is 0 Å². The Labute approximate surface area is 167 Å². The molecule has 0 saturated carbocycles. The molecule has 0 fully saturated rings. The normalized spacial score (nSPS) is 19.7. The second-order valence-corrected chi connectivity index (χ2v) is 7.75. The van der Waals surface area contributed by atoms with Crippen molar-refractivity contribution >= 4 is 34.2 Å². The van der Waals surface area contributed by atoms with Crippen LogP contribution in [0.3, 0.4) is 0 Å². The Morgan fingerprint density at radius 1 is 1.07 bits per heavy atom. The number of fused-ring (bicyclic) bond motifs is 1. The molecule has 0 saturated heterocycles. The minimum atomic E-state index is -0.329. The summed E-state index contributed by atoms with van der Waals surface area (Å²) in [7, 11) is 0. The number of allylic oxidation sites excluding steroid dienone is 1. The molecule has 1 aliphatic carbocycles. The van der Waals surface area contributed by atoms with Crippen LogP contribution in [0.2, 0.25) is 5.02 Å². The van der Waals surface area contributed by atoms with Crippen LogP contribution in [0.15, 0.2) is 69.1 Å². The van der Waals surface area contributed by atoms with E-state index in [0.717, 1.165) is 40.8 Å². The first-order valence-electron chi connectivity index (χ1n) is 9.58. The monoisotopic (exact) mass is 390 g/mol. The molecule has 0 radical (unpaired) electrons. The van der Waals surface area contributed by atoms with Crippen LogP contribution >= 0.6 is 11.6 Å². The molecule has 1 atom stereocenters. The van der Waals surface area contributed by atoms with E-state index < -0.39 is 0 Å². The van der Waals surface area contributed by atoms with Gasteiger partial charge in [-0.1, -0.05) is 47.5 Å². The van der Waals surface area contributed by atoms with Crippen LogP contribution in [-0.2, 0) is 11.2 Å². The second kappa shape index (κ2) is 7.02. The van der Waals surface area contributed by atoms with E-state index in [1.54, 1.807) is 0 Å². The molecule has 28 heavy (non-hydrogen) atoms. The third-order valence-corrected chi connectivity index (χ3v) is 5.80. The third kappa shape index (κ3) is 3.08. The van der Waals surface area contributed by atoms with Gasteiger partial charge in [0.2, 0.25) is 5.89 Å². The van der Waals surface area contributed by atoms with Crippen LogP contribution in [-0.4, -0.2) is 16.5 Å². The molecule has 0 bridgehead atoms. The molecule has 4 nitrogen and oxygen atoms in total. The molecule has 2 heterocycles. The van der Waals surface area contributed by atoms with E-state index in [-0.39, 0.29) is 11.8 Å². The summed E-state index contributed by atoms with van der Waals surface area (Å²) in [5, 5.41) is 0.643. The maximum atomic E-state index is 12.7. The van der Waals surface area contributed by atoms with E-state index in [2.05, 4.69) is 4.98 Å². The lowest BCUT2D eigenvalue weighted by molar-refractivity contribution is -0.116. The highest BCUT2D eigenvalue weighted by molar-refractivity contribution is 6.31. The highest BCUT2D eigenvalue weighted by Crippen LogP contribution is 2.41. The summed E-state index contributed by atoms with van der Waals surface area (Å²) in [5.41, 5.74) is 5.56. The van der Waals surface area contributed by atoms with E-state index in [0.29, 0.717) is 30.2 Å². The fourth-order valence-electron chi connectivity index (χ4n) is 4.20. The van der Waals surface area contributed by atoms with Gasteiger partial charge < -0.3 is 4.42 Å². The number of para-hydroxylation sites is 2. The number of hydrogen-bond acceptors (Lipinski definition) is 4. The second-order valence-electron chi connectivity index (χ2n) is 7.34. The molecule has 3 aromatic rings. The predicted octanol–water partition coefficient (Wildman–Crippen LogP) is 5.66. The molecule has 1 aromatic heterocycles. The molecule has 2 aliphatic rings. The zero-order chi connectivity index (χ0) is 19.1. The van der Waals surface area contributed by atoms with Crippen LogP contribution in [0.1, 0.15) is 43.2 Å². The zero-order valence-corrected chi connectivity index (χ0v) is 16.1. The van der Waals surface area contributed by atoms with Crippen LogP contribution in [0.4, 0.5) is 0 Å². The number of aliphatic imine (C=N–C) groups is 1. The summed E-state index contributed by atoms with van der Waals surface area (Å²) < 4.78 is 5.89. The Morgan fingerprint density at radius 2 is 1.89 bits per heavy atom. The van der Waals surface area contributed by atoms with Crippen molar-refractivity contribution in [3.63, 3.8) is 0 Å². The minimum Gasteiger partial charge on any atom is -0.440 e. The Hall–Kier alpha value is -2.72. The summed E-state index contributed by atoms with van der Waals surface area (Å²) in [5.74, 6) is 0.861. The summed E-state index contributed by atoms with van der Waals surface area (Å²) in [6.45, 7) is 0. The molecule has 140 valence electrons. The van der Waals surface area contributed by atoms with Crippen molar-refractivity contribution in [2.75, 3.05) is 0 Å². The molecule has 0 N–H and O–H groups in total. The summed E-state index contributed by atoms with van der Waals surface area (Å²) in [6.07, 6.45) is 3.69. The van der Waals surface area contributed by atoms with E-state index in [9.17, 15) is 4.79 Å². The first-order valence-corrected chi connectivity index (χ1v) is 9.96. The van der Waals surface area contributed by atoms with Gasteiger partial charge in [-0.2, -0.15) is 0 Å². The maximum Gasteiger partial charge on any atom is 0.201 e. The Balaban J connectivity index is 1.54. The number of halogens is 1. The van der Waals surface area contributed by atoms with Crippen molar-refractivity contribution in [3.8, 4) is 0 Å². The van der Waals surface area contributed by atoms with Gasteiger partial charge in [0, 0.05) is 29.1 Å². The fraction of sp³-hybridized carbons (Fsp3) is 0.261. The van der Waals surface area contributed by atoms with E-state index in [4.69, 9.17) is 21.0 Å². The highest BCUT2D eigenvalue weighted by atomic mass is 35.5. The number of benzene rings is 2.